The van der Waals surface area contributed by atoms with E-state index in [1.165, 1.54) is 24.9 Å². The minimum Gasteiger partial charge on any atom is -0.465 e. The van der Waals surface area contributed by atoms with E-state index >= 15 is 0 Å². The molecular formula is C20H23N3O5S. The summed E-state index contributed by atoms with van der Waals surface area (Å²) in [7, 11) is 1.26. The van der Waals surface area contributed by atoms with Crippen molar-refractivity contribution in [2.75, 3.05) is 25.3 Å². The summed E-state index contributed by atoms with van der Waals surface area (Å²) in [5, 5.41) is 3.24. The normalized spacial score (nSPS) is 10.3. The SMILES string of the molecule is COC(=O)c1ccccc1NC(=O)COC(=O)CCc1c(C)nc(SC)nc1C. The van der Waals surface area contributed by atoms with Gasteiger partial charge in [-0.05, 0) is 44.2 Å². The molecule has 0 saturated heterocycles. The minimum atomic E-state index is -0.571. The van der Waals surface area contributed by atoms with E-state index in [9.17, 15) is 14.4 Å². The number of benzene rings is 1. The highest BCUT2D eigenvalue weighted by molar-refractivity contribution is 7.98. The zero-order valence-electron chi connectivity index (χ0n) is 16.8. The Kier molecular flexibility index (Phi) is 8.14. The Bertz CT molecular complexity index is 894. The predicted molar refractivity (Wildman–Crippen MR) is 109 cm³/mol. The summed E-state index contributed by atoms with van der Waals surface area (Å²) in [5.74, 6) is -1.62. The van der Waals surface area contributed by atoms with Crippen LogP contribution in [0.4, 0.5) is 5.69 Å². The van der Waals surface area contributed by atoms with Crippen molar-refractivity contribution >= 4 is 35.3 Å². The van der Waals surface area contributed by atoms with E-state index < -0.39 is 24.5 Å². The Balaban J connectivity index is 1.87. The Morgan fingerprint density at radius 3 is 2.38 bits per heavy atom. The summed E-state index contributed by atoms with van der Waals surface area (Å²) in [6.45, 7) is 3.30. The summed E-state index contributed by atoms with van der Waals surface area (Å²) in [6, 6.07) is 6.42. The van der Waals surface area contributed by atoms with Crippen LogP contribution in [0.3, 0.4) is 0 Å². The standard InChI is InChI=1S/C20H23N3O5S/c1-12-14(13(2)22-20(21-12)29-4)9-10-18(25)28-11-17(24)23-16-8-6-5-7-15(16)19(26)27-3/h5-8H,9-11H2,1-4H3,(H,23,24). The fourth-order valence-electron chi connectivity index (χ4n) is 2.67. The molecule has 0 fully saturated rings. The van der Waals surface area contributed by atoms with Gasteiger partial charge in [-0.25, -0.2) is 14.8 Å². The lowest BCUT2D eigenvalue weighted by molar-refractivity contribution is -0.147. The van der Waals surface area contributed by atoms with Crippen LogP contribution in [-0.4, -0.2) is 47.8 Å². The summed E-state index contributed by atoms with van der Waals surface area (Å²) in [6.07, 6.45) is 2.44. The smallest absolute Gasteiger partial charge is 0.339 e. The van der Waals surface area contributed by atoms with Crippen LogP contribution in [0.1, 0.15) is 33.7 Å². The molecule has 1 aromatic heterocycles. The van der Waals surface area contributed by atoms with Gasteiger partial charge in [0.2, 0.25) is 0 Å². The second-order valence-corrected chi connectivity index (χ2v) is 6.88. The van der Waals surface area contributed by atoms with Crippen LogP contribution in [0.2, 0.25) is 0 Å². The number of aromatic nitrogens is 2. The lowest BCUT2D eigenvalue weighted by Crippen LogP contribution is -2.22. The number of carbonyl (C=O) groups excluding carboxylic acids is 3. The first-order valence-electron chi connectivity index (χ1n) is 8.86. The molecule has 1 N–H and O–H groups in total. The lowest BCUT2D eigenvalue weighted by Gasteiger charge is -2.11. The second kappa shape index (κ2) is 10.6. The van der Waals surface area contributed by atoms with Gasteiger partial charge in [-0.1, -0.05) is 23.9 Å². The van der Waals surface area contributed by atoms with Gasteiger partial charge in [0.15, 0.2) is 11.8 Å². The van der Waals surface area contributed by atoms with Crippen molar-refractivity contribution in [3.63, 3.8) is 0 Å². The van der Waals surface area contributed by atoms with Crippen LogP contribution in [0, 0.1) is 13.8 Å². The third-order valence-corrected chi connectivity index (χ3v) is 4.68. The number of rotatable bonds is 8. The van der Waals surface area contributed by atoms with Crippen molar-refractivity contribution < 1.29 is 23.9 Å². The number of nitrogens with one attached hydrogen (secondary N) is 1. The number of ether oxygens (including phenoxy) is 2. The molecule has 1 aromatic carbocycles. The van der Waals surface area contributed by atoms with E-state index in [2.05, 4.69) is 20.0 Å². The van der Waals surface area contributed by atoms with Gasteiger partial charge in [-0.2, -0.15) is 0 Å². The second-order valence-electron chi connectivity index (χ2n) is 6.11. The third-order valence-electron chi connectivity index (χ3n) is 4.13. The minimum absolute atomic E-state index is 0.107. The van der Waals surface area contributed by atoms with Gasteiger partial charge in [0, 0.05) is 17.8 Å². The monoisotopic (exact) mass is 417 g/mol. The molecule has 0 unspecified atom stereocenters. The molecule has 0 aliphatic carbocycles. The van der Waals surface area contributed by atoms with E-state index in [0.29, 0.717) is 11.6 Å². The topological polar surface area (TPSA) is 107 Å². The summed E-state index contributed by atoms with van der Waals surface area (Å²) >= 11 is 1.46. The number of amides is 1. The quantitative estimate of drug-likeness (QED) is 0.397. The molecule has 0 saturated carbocycles. The maximum Gasteiger partial charge on any atom is 0.339 e. The Morgan fingerprint density at radius 1 is 1.10 bits per heavy atom. The maximum atomic E-state index is 12.1. The highest BCUT2D eigenvalue weighted by Crippen LogP contribution is 2.18. The zero-order chi connectivity index (χ0) is 21.4. The third kappa shape index (κ3) is 6.28. The zero-order valence-corrected chi connectivity index (χ0v) is 17.6. The van der Waals surface area contributed by atoms with Gasteiger partial charge >= 0.3 is 11.9 Å². The molecular weight excluding hydrogens is 394 g/mol. The number of hydrogen-bond acceptors (Lipinski definition) is 8. The highest BCUT2D eigenvalue weighted by Gasteiger charge is 2.15. The molecule has 1 heterocycles. The van der Waals surface area contributed by atoms with E-state index in [0.717, 1.165) is 17.0 Å². The fraction of sp³-hybridized carbons (Fsp3) is 0.350. The number of carbonyl (C=O) groups is 3. The van der Waals surface area contributed by atoms with Crippen molar-refractivity contribution in [3.05, 3.63) is 46.8 Å². The van der Waals surface area contributed by atoms with Crippen molar-refractivity contribution in [2.45, 2.75) is 31.8 Å². The maximum absolute atomic E-state index is 12.1. The molecule has 1 amide bonds. The Labute approximate surface area is 173 Å². The van der Waals surface area contributed by atoms with Crippen molar-refractivity contribution in [1.29, 1.82) is 0 Å². The largest absolute Gasteiger partial charge is 0.465 e. The van der Waals surface area contributed by atoms with Crippen LogP contribution < -0.4 is 5.32 Å². The number of methoxy groups -OCH3 is 1. The number of aryl methyl sites for hydroxylation is 2. The summed E-state index contributed by atoms with van der Waals surface area (Å²) < 4.78 is 9.71. The first kappa shape index (κ1) is 22.4. The van der Waals surface area contributed by atoms with Crippen molar-refractivity contribution in [3.8, 4) is 0 Å². The van der Waals surface area contributed by atoms with E-state index in [-0.39, 0.29) is 17.7 Å². The predicted octanol–water partition coefficient (Wildman–Crippen LogP) is 2.72. The Hall–Kier alpha value is -2.94. The molecule has 8 nitrogen and oxygen atoms in total. The molecule has 154 valence electrons. The summed E-state index contributed by atoms with van der Waals surface area (Å²) in [4.78, 5) is 44.6. The van der Waals surface area contributed by atoms with Crippen LogP contribution in [0.25, 0.3) is 0 Å². The molecule has 0 aliphatic heterocycles. The van der Waals surface area contributed by atoms with Crippen LogP contribution in [-0.2, 0) is 25.5 Å². The van der Waals surface area contributed by atoms with Gasteiger partial charge in [0.1, 0.15) is 0 Å². The van der Waals surface area contributed by atoms with Crippen LogP contribution >= 0.6 is 11.8 Å². The molecule has 2 aromatic rings. The molecule has 9 heteroatoms. The van der Waals surface area contributed by atoms with Crippen molar-refractivity contribution in [2.24, 2.45) is 0 Å². The van der Waals surface area contributed by atoms with Gasteiger partial charge in [0.05, 0.1) is 18.4 Å². The van der Waals surface area contributed by atoms with Gasteiger partial charge in [0.25, 0.3) is 5.91 Å². The van der Waals surface area contributed by atoms with Gasteiger partial charge in [-0.3, -0.25) is 9.59 Å². The number of para-hydroxylation sites is 1. The highest BCUT2D eigenvalue weighted by atomic mass is 32.2. The molecule has 0 radical (unpaired) electrons. The molecule has 0 atom stereocenters. The Morgan fingerprint density at radius 2 is 1.76 bits per heavy atom. The molecule has 0 aliphatic rings. The molecule has 2 rings (SSSR count). The first-order valence-corrected chi connectivity index (χ1v) is 10.1. The van der Waals surface area contributed by atoms with Crippen LogP contribution in [0.15, 0.2) is 29.4 Å². The molecule has 29 heavy (non-hydrogen) atoms. The van der Waals surface area contributed by atoms with E-state index in [1.54, 1.807) is 18.2 Å². The number of nitrogens with zero attached hydrogens (tertiary/aromatic N) is 2. The average molecular weight is 417 g/mol. The van der Waals surface area contributed by atoms with Crippen LogP contribution in [0.5, 0.6) is 0 Å². The average Bonchev–Trinajstić information content (AvgIpc) is 2.71. The number of thioether (sulfide) groups is 1. The number of esters is 2. The number of anilines is 1. The van der Waals surface area contributed by atoms with Gasteiger partial charge in [-0.15, -0.1) is 0 Å². The first-order chi connectivity index (χ1) is 13.8. The van der Waals surface area contributed by atoms with Gasteiger partial charge < -0.3 is 14.8 Å². The van der Waals surface area contributed by atoms with E-state index in [4.69, 9.17) is 4.74 Å². The molecule has 0 bridgehead atoms. The summed E-state index contributed by atoms with van der Waals surface area (Å²) in [5.41, 5.74) is 3.06. The molecule has 0 spiro atoms. The number of hydrogen-bond donors (Lipinski definition) is 1. The van der Waals surface area contributed by atoms with Crippen molar-refractivity contribution in [1.82, 2.24) is 9.97 Å². The van der Waals surface area contributed by atoms with E-state index in [1.807, 2.05) is 20.1 Å². The lowest BCUT2D eigenvalue weighted by atomic mass is 10.1. The fourth-order valence-corrected chi connectivity index (χ4v) is 3.13.